The number of ether oxygens (including phenoxy) is 2. The Morgan fingerprint density at radius 1 is 0.426 bits per heavy atom. The summed E-state index contributed by atoms with van der Waals surface area (Å²) in [7, 11) is 3.40. The lowest BCUT2D eigenvalue weighted by atomic mass is 9.78. The molecule has 0 aliphatic heterocycles. The topological polar surface area (TPSA) is 71.0 Å². The normalized spacial score (nSPS) is 14.0. The van der Waals surface area contributed by atoms with Gasteiger partial charge in [-0.15, -0.1) is 0 Å². The first-order chi connectivity index (χ1) is 23.2. The summed E-state index contributed by atoms with van der Waals surface area (Å²) in [5, 5.41) is 0. The molecule has 6 aromatic rings. The molecular formula is C41H44O6. The monoisotopic (exact) mass is 632 g/mol. The second-order valence-electron chi connectivity index (χ2n) is 12.3. The highest BCUT2D eigenvalue weighted by Crippen LogP contribution is 2.43. The fraction of sp³-hybridized carbons (Fsp3) is 0.317. The maximum absolute atomic E-state index is 6.12. The molecule has 4 heterocycles. The summed E-state index contributed by atoms with van der Waals surface area (Å²) in [6, 6.07) is 33.1. The molecule has 0 fully saturated rings. The molecule has 0 radical (unpaired) electrons. The molecule has 0 aliphatic carbocycles. The number of methoxy groups -OCH3 is 2. The number of hydrogen-bond donors (Lipinski definition) is 0. The number of hydrogen-bond acceptors (Lipinski definition) is 6. The van der Waals surface area contributed by atoms with Gasteiger partial charge < -0.3 is 27.1 Å². The Bertz CT molecular complexity index is 1540. The Labute approximate surface area is 277 Å². The maximum Gasteiger partial charge on any atom is 0.118 e. The van der Waals surface area contributed by atoms with Crippen LogP contribution in [0.3, 0.4) is 0 Å². The van der Waals surface area contributed by atoms with Crippen molar-refractivity contribution in [2.45, 2.75) is 68.6 Å². The molecule has 0 bridgehead atoms. The van der Waals surface area contributed by atoms with Gasteiger partial charge in [0.05, 0.1) is 39.3 Å². The van der Waals surface area contributed by atoms with Crippen molar-refractivity contribution in [2.24, 2.45) is 0 Å². The molecule has 0 saturated heterocycles. The van der Waals surface area contributed by atoms with Crippen molar-refractivity contribution in [1.29, 1.82) is 0 Å². The predicted molar refractivity (Wildman–Crippen MR) is 182 cm³/mol. The molecule has 6 rings (SSSR count). The van der Waals surface area contributed by atoms with E-state index in [1.807, 2.05) is 48.5 Å². The quantitative estimate of drug-likeness (QED) is 0.0939. The van der Waals surface area contributed by atoms with Crippen molar-refractivity contribution in [3.63, 3.8) is 0 Å². The van der Waals surface area contributed by atoms with Crippen LogP contribution in [0.25, 0.3) is 0 Å². The summed E-state index contributed by atoms with van der Waals surface area (Å²) in [5.41, 5.74) is 2.56. The lowest BCUT2D eigenvalue weighted by Crippen LogP contribution is -2.14. The van der Waals surface area contributed by atoms with Crippen molar-refractivity contribution in [3.05, 3.63) is 156 Å². The predicted octanol–water partition coefficient (Wildman–Crippen LogP) is 10.9. The van der Waals surface area contributed by atoms with Gasteiger partial charge in [-0.3, -0.25) is 0 Å². The Balaban J connectivity index is 1.23. The second-order valence-corrected chi connectivity index (χ2v) is 12.3. The van der Waals surface area contributed by atoms with Gasteiger partial charge in [0.15, 0.2) is 0 Å². The minimum Gasteiger partial charge on any atom is -0.497 e. The average molecular weight is 633 g/mol. The lowest BCUT2D eigenvalue weighted by molar-refractivity contribution is 0.314. The van der Waals surface area contributed by atoms with E-state index in [4.69, 9.17) is 27.1 Å². The Morgan fingerprint density at radius 3 is 1.04 bits per heavy atom. The van der Waals surface area contributed by atoms with Gasteiger partial charge in [0.25, 0.3) is 0 Å². The van der Waals surface area contributed by atoms with E-state index in [0.717, 1.165) is 79.5 Å². The zero-order valence-corrected chi connectivity index (χ0v) is 27.3. The van der Waals surface area contributed by atoms with Gasteiger partial charge in [0.2, 0.25) is 0 Å². The van der Waals surface area contributed by atoms with Crippen LogP contribution in [0.1, 0.15) is 89.9 Å². The highest BCUT2D eigenvalue weighted by molar-refractivity contribution is 5.28. The number of rotatable bonds is 18. The van der Waals surface area contributed by atoms with E-state index in [1.54, 1.807) is 39.3 Å². The van der Waals surface area contributed by atoms with Crippen LogP contribution >= 0.6 is 0 Å². The van der Waals surface area contributed by atoms with Crippen LogP contribution < -0.4 is 9.47 Å². The van der Waals surface area contributed by atoms with Crippen molar-refractivity contribution in [2.75, 3.05) is 14.2 Å². The van der Waals surface area contributed by atoms with Gasteiger partial charge in [-0.2, -0.15) is 0 Å². The first kappa shape index (κ1) is 32.1. The summed E-state index contributed by atoms with van der Waals surface area (Å²) in [4.78, 5) is 0. The van der Waals surface area contributed by atoms with Gasteiger partial charge in [-0.1, -0.05) is 24.3 Å². The minimum absolute atomic E-state index is 0.157. The van der Waals surface area contributed by atoms with E-state index in [2.05, 4.69) is 48.5 Å². The van der Waals surface area contributed by atoms with Crippen LogP contribution in [-0.2, 0) is 12.8 Å². The van der Waals surface area contributed by atoms with Crippen LogP contribution in [0.4, 0.5) is 0 Å². The largest absolute Gasteiger partial charge is 0.497 e. The SMILES string of the molecule is COc1ccc(CC[C@@H](C[C@H](C[C@@H](C[C@H](CCc2ccc(OC)cc2)c2ccco2)c2ccco2)c2ccco2)c2ccco2)cc1. The minimum atomic E-state index is 0.157. The third-order valence-electron chi connectivity index (χ3n) is 9.37. The van der Waals surface area contributed by atoms with Gasteiger partial charge in [-0.05, 0) is 129 Å². The zero-order valence-electron chi connectivity index (χ0n) is 27.3. The van der Waals surface area contributed by atoms with Crippen molar-refractivity contribution >= 4 is 0 Å². The summed E-state index contributed by atoms with van der Waals surface area (Å²) >= 11 is 0. The van der Waals surface area contributed by atoms with Gasteiger partial charge >= 0.3 is 0 Å². The highest BCUT2D eigenvalue weighted by Gasteiger charge is 2.30. The molecule has 0 spiro atoms. The fourth-order valence-electron chi connectivity index (χ4n) is 6.80. The summed E-state index contributed by atoms with van der Waals surface area (Å²) in [6.07, 6.45) is 13.6. The van der Waals surface area contributed by atoms with Crippen molar-refractivity contribution in [1.82, 2.24) is 0 Å². The lowest BCUT2D eigenvalue weighted by Gasteiger charge is -2.27. The third-order valence-corrected chi connectivity index (χ3v) is 9.37. The summed E-state index contributed by atoms with van der Waals surface area (Å²) in [5.74, 6) is 6.51. The van der Waals surface area contributed by atoms with Crippen LogP contribution in [0.5, 0.6) is 11.5 Å². The highest BCUT2D eigenvalue weighted by atomic mass is 16.5. The molecule has 2 aromatic carbocycles. The van der Waals surface area contributed by atoms with Gasteiger partial charge in [0.1, 0.15) is 34.5 Å². The molecule has 244 valence electrons. The molecule has 0 amide bonds. The molecular weight excluding hydrogens is 588 g/mol. The Hall–Kier alpha value is -4.84. The number of furan rings is 4. The first-order valence-corrected chi connectivity index (χ1v) is 16.6. The molecule has 47 heavy (non-hydrogen) atoms. The van der Waals surface area contributed by atoms with Crippen LogP contribution in [0.2, 0.25) is 0 Å². The smallest absolute Gasteiger partial charge is 0.118 e. The van der Waals surface area contributed by atoms with E-state index in [9.17, 15) is 0 Å². The van der Waals surface area contributed by atoms with E-state index in [-0.39, 0.29) is 23.7 Å². The zero-order chi connectivity index (χ0) is 32.3. The summed E-state index contributed by atoms with van der Waals surface area (Å²) in [6.45, 7) is 0. The third kappa shape index (κ3) is 8.70. The van der Waals surface area contributed by atoms with E-state index >= 15 is 0 Å². The Kier molecular flexibility index (Phi) is 11.0. The molecule has 0 saturated carbocycles. The molecule has 6 nitrogen and oxygen atoms in total. The molecule has 0 aliphatic rings. The van der Waals surface area contributed by atoms with Crippen LogP contribution in [0, 0.1) is 0 Å². The van der Waals surface area contributed by atoms with Gasteiger partial charge in [0, 0.05) is 23.7 Å². The first-order valence-electron chi connectivity index (χ1n) is 16.6. The van der Waals surface area contributed by atoms with Crippen LogP contribution in [-0.4, -0.2) is 14.2 Å². The molecule has 0 N–H and O–H groups in total. The van der Waals surface area contributed by atoms with Crippen molar-refractivity contribution < 1.29 is 27.1 Å². The fourth-order valence-corrected chi connectivity index (χ4v) is 6.80. The maximum atomic E-state index is 6.12. The Morgan fingerprint density at radius 2 is 0.745 bits per heavy atom. The standard InChI is InChI=1S/C41H44O6/c1-42-36-19-13-30(14-20-36)11-17-32(38-7-3-23-44-38)27-34(40-9-5-25-46-40)29-35(41-10-6-26-47-41)28-33(39-8-4-24-45-39)18-12-31-15-21-37(43-2)22-16-31/h3-10,13-16,19-26,32-35H,11-12,17-18,27-29H2,1-2H3/t32-,33-,34+,35+/m0/s1. The number of aryl methyl sites for hydroxylation is 2. The molecule has 0 unspecified atom stereocenters. The summed E-state index contributed by atoms with van der Waals surface area (Å²) < 4.78 is 35.0. The second kappa shape index (κ2) is 16.1. The van der Waals surface area contributed by atoms with E-state index in [1.165, 1.54) is 11.1 Å². The molecule has 4 aromatic heterocycles. The molecule has 4 atom stereocenters. The van der Waals surface area contributed by atoms with Crippen LogP contribution in [0.15, 0.2) is 140 Å². The average Bonchev–Trinajstić information content (AvgIpc) is 3.96. The number of benzene rings is 2. The van der Waals surface area contributed by atoms with E-state index < -0.39 is 0 Å². The molecule has 6 heteroatoms. The van der Waals surface area contributed by atoms with Gasteiger partial charge in [-0.25, -0.2) is 0 Å². The van der Waals surface area contributed by atoms with Crippen molar-refractivity contribution in [3.8, 4) is 11.5 Å². The van der Waals surface area contributed by atoms with E-state index in [0.29, 0.717) is 0 Å².